The highest BCUT2D eigenvalue weighted by Crippen LogP contribution is 2.52. The van der Waals surface area contributed by atoms with Gasteiger partial charge in [0.15, 0.2) is 0 Å². The Bertz CT molecular complexity index is 884. The van der Waals surface area contributed by atoms with Crippen LogP contribution in [0.15, 0.2) is 24.3 Å². The van der Waals surface area contributed by atoms with Crippen LogP contribution in [0.25, 0.3) is 0 Å². The van der Waals surface area contributed by atoms with Crippen LogP contribution in [0.1, 0.15) is 52.5 Å². The summed E-state index contributed by atoms with van der Waals surface area (Å²) in [5, 5.41) is 3.31. The maximum absolute atomic E-state index is 13.1. The molecule has 2 aliphatic heterocycles. The zero-order valence-corrected chi connectivity index (χ0v) is 18.2. The van der Waals surface area contributed by atoms with Crippen molar-refractivity contribution in [2.45, 2.75) is 58.5 Å². The highest BCUT2D eigenvalue weighted by molar-refractivity contribution is 6.30. The normalized spacial score (nSPS) is 33.2. The summed E-state index contributed by atoms with van der Waals surface area (Å²) < 4.78 is 0. The van der Waals surface area contributed by atoms with Crippen LogP contribution in [0.5, 0.6) is 0 Å². The van der Waals surface area contributed by atoms with Crippen molar-refractivity contribution < 1.29 is 14.4 Å². The molecular formula is C22H28ClN3O3. The van der Waals surface area contributed by atoms with E-state index in [1.165, 1.54) is 0 Å². The molecule has 1 N–H and O–H groups in total. The molecule has 4 rings (SSSR count). The first-order valence-corrected chi connectivity index (χ1v) is 10.5. The summed E-state index contributed by atoms with van der Waals surface area (Å²) in [4.78, 5) is 41.7. The Morgan fingerprint density at radius 2 is 1.79 bits per heavy atom. The lowest BCUT2D eigenvalue weighted by molar-refractivity contribution is -0.139. The Morgan fingerprint density at radius 3 is 2.45 bits per heavy atom. The fourth-order valence-electron chi connectivity index (χ4n) is 5.80. The van der Waals surface area contributed by atoms with Gasteiger partial charge in [-0.2, -0.15) is 0 Å². The predicted molar refractivity (Wildman–Crippen MR) is 110 cm³/mol. The molecule has 2 heterocycles. The van der Waals surface area contributed by atoms with Crippen molar-refractivity contribution in [3.05, 3.63) is 34.9 Å². The van der Waals surface area contributed by atoms with Crippen molar-refractivity contribution >= 4 is 29.4 Å². The van der Waals surface area contributed by atoms with Gasteiger partial charge in [0.05, 0.1) is 0 Å². The second-order valence-corrected chi connectivity index (χ2v) is 10.6. The summed E-state index contributed by atoms with van der Waals surface area (Å²) in [5.41, 5.74) is -0.254. The van der Waals surface area contributed by atoms with Crippen LogP contribution in [0.4, 0.5) is 4.79 Å². The van der Waals surface area contributed by atoms with Crippen molar-refractivity contribution in [1.82, 2.24) is 15.1 Å². The second-order valence-electron chi connectivity index (χ2n) is 10.2. The Balaban J connectivity index is 1.51. The lowest BCUT2D eigenvalue weighted by atomic mass is 9.65. The van der Waals surface area contributed by atoms with Crippen LogP contribution in [0, 0.1) is 10.8 Å². The third-order valence-electron chi connectivity index (χ3n) is 6.73. The fraction of sp³-hybridized carbons (Fsp3) is 0.591. The number of nitrogens with zero attached hydrogens (tertiary/aromatic N) is 2. The minimum absolute atomic E-state index is 0.108. The number of hydrogen-bond acceptors (Lipinski definition) is 3. The Labute approximate surface area is 176 Å². The predicted octanol–water partition coefficient (Wildman–Crippen LogP) is 3.53. The van der Waals surface area contributed by atoms with Crippen LogP contribution in [0.3, 0.4) is 0 Å². The van der Waals surface area contributed by atoms with Gasteiger partial charge in [0.2, 0.25) is 5.91 Å². The number of carbonyl (C=O) groups is 3. The van der Waals surface area contributed by atoms with Crippen LogP contribution < -0.4 is 5.32 Å². The van der Waals surface area contributed by atoms with E-state index in [0.29, 0.717) is 17.1 Å². The van der Waals surface area contributed by atoms with E-state index in [0.717, 1.165) is 24.2 Å². The molecule has 0 spiro atoms. The van der Waals surface area contributed by atoms with Gasteiger partial charge in [-0.3, -0.25) is 14.5 Å². The molecule has 1 saturated carbocycles. The molecule has 29 heavy (non-hydrogen) atoms. The van der Waals surface area contributed by atoms with Crippen LogP contribution in [0.2, 0.25) is 5.02 Å². The molecule has 2 bridgehead atoms. The lowest BCUT2D eigenvalue weighted by Crippen LogP contribution is -2.46. The number of amides is 4. The zero-order valence-electron chi connectivity index (χ0n) is 17.4. The highest BCUT2D eigenvalue weighted by Gasteiger charge is 2.53. The number of halogens is 1. The second kappa shape index (κ2) is 6.46. The van der Waals surface area contributed by atoms with E-state index in [9.17, 15) is 14.4 Å². The Kier molecular flexibility index (Phi) is 4.50. The number of nitrogens with one attached hydrogen (secondary N) is 1. The zero-order chi connectivity index (χ0) is 21.2. The van der Waals surface area contributed by atoms with Gasteiger partial charge in [-0.05, 0) is 54.7 Å². The summed E-state index contributed by atoms with van der Waals surface area (Å²) in [7, 11) is 0. The molecular weight excluding hydrogens is 390 g/mol. The number of urea groups is 1. The number of likely N-dealkylation sites (tertiary alicyclic amines) is 1. The van der Waals surface area contributed by atoms with Gasteiger partial charge < -0.3 is 10.2 Å². The summed E-state index contributed by atoms with van der Waals surface area (Å²) in [6, 6.07) is 6.45. The smallest absolute Gasteiger partial charge is 0.325 e. The summed E-state index contributed by atoms with van der Waals surface area (Å²) >= 11 is 5.94. The van der Waals surface area contributed by atoms with Gasteiger partial charge in [0, 0.05) is 17.6 Å². The maximum atomic E-state index is 13.1. The van der Waals surface area contributed by atoms with Gasteiger partial charge in [0.1, 0.15) is 12.1 Å². The molecule has 7 heteroatoms. The first kappa shape index (κ1) is 20.2. The SMILES string of the molecule is CC1(C)C[C@@H]2C[C@@](C)(CN2C(=O)CN2C(=O)N[C@](C)(c3ccc(Cl)cc3)C2=O)C1. The molecule has 2 saturated heterocycles. The fourth-order valence-corrected chi connectivity index (χ4v) is 5.92. The topological polar surface area (TPSA) is 69.7 Å². The average Bonchev–Trinajstić information content (AvgIpc) is 2.99. The molecule has 3 atom stereocenters. The number of carbonyl (C=O) groups excluding carboxylic acids is 3. The van der Waals surface area contributed by atoms with Crippen molar-refractivity contribution in [2.75, 3.05) is 13.1 Å². The van der Waals surface area contributed by atoms with Gasteiger partial charge in [-0.15, -0.1) is 0 Å². The van der Waals surface area contributed by atoms with Gasteiger partial charge in [-0.25, -0.2) is 4.79 Å². The minimum atomic E-state index is -1.20. The third-order valence-corrected chi connectivity index (χ3v) is 6.98. The van der Waals surface area contributed by atoms with E-state index < -0.39 is 17.5 Å². The van der Waals surface area contributed by atoms with Crippen molar-refractivity contribution in [1.29, 1.82) is 0 Å². The summed E-state index contributed by atoms with van der Waals surface area (Å²) in [5.74, 6) is -0.563. The van der Waals surface area contributed by atoms with E-state index in [1.54, 1.807) is 31.2 Å². The average molecular weight is 418 g/mol. The van der Waals surface area contributed by atoms with E-state index >= 15 is 0 Å². The molecule has 4 amide bonds. The van der Waals surface area contributed by atoms with Gasteiger partial charge >= 0.3 is 6.03 Å². The van der Waals surface area contributed by atoms with Crippen molar-refractivity contribution in [3.63, 3.8) is 0 Å². The minimum Gasteiger partial charge on any atom is -0.338 e. The standard InChI is InChI=1S/C22H28ClN3O3/c1-20(2)9-16-10-21(3,12-20)13-26(16)17(27)11-25-18(28)22(4,24-19(25)29)14-5-7-15(23)8-6-14/h5-8,16H,9-13H2,1-4H3,(H,24,29)/t16-,21-,22-/m1/s1. The van der Waals surface area contributed by atoms with Crippen LogP contribution in [-0.2, 0) is 15.1 Å². The van der Waals surface area contributed by atoms with Crippen molar-refractivity contribution in [2.24, 2.45) is 10.8 Å². The molecule has 6 nitrogen and oxygen atoms in total. The van der Waals surface area contributed by atoms with E-state index in [-0.39, 0.29) is 29.3 Å². The molecule has 1 aliphatic carbocycles. The molecule has 1 aromatic carbocycles. The molecule has 0 aromatic heterocycles. The number of hydrogen-bond donors (Lipinski definition) is 1. The first-order valence-electron chi connectivity index (χ1n) is 10.1. The number of rotatable bonds is 3. The molecule has 1 aromatic rings. The molecule has 156 valence electrons. The van der Waals surface area contributed by atoms with E-state index in [1.807, 2.05) is 4.90 Å². The van der Waals surface area contributed by atoms with Gasteiger partial charge in [-0.1, -0.05) is 44.5 Å². The monoisotopic (exact) mass is 417 g/mol. The molecule has 3 aliphatic rings. The lowest BCUT2D eigenvalue weighted by Gasteiger charge is -2.39. The summed E-state index contributed by atoms with van der Waals surface area (Å²) in [6.45, 7) is 8.87. The number of imide groups is 1. The maximum Gasteiger partial charge on any atom is 0.325 e. The summed E-state index contributed by atoms with van der Waals surface area (Å²) in [6.07, 6.45) is 3.03. The van der Waals surface area contributed by atoms with E-state index in [2.05, 4.69) is 26.1 Å². The highest BCUT2D eigenvalue weighted by atomic mass is 35.5. The van der Waals surface area contributed by atoms with Gasteiger partial charge in [0.25, 0.3) is 5.91 Å². The van der Waals surface area contributed by atoms with Crippen molar-refractivity contribution in [3.8, 4) is 0 Å². The van der Waals surface area contributed by atoms with E-state index in [4.69, 9.17) is 11.6 Å². The number of fused-ring (bicyclic) bond motifs is 2. The van der Waals surface area contributed by atoms with Crippen LogP contribution in [-0.4, -0.2) is 46.8 Å². The molecule has 3 fully saturated rings. The molecule has 0 radical (unpaired) electrons. The number of benzene rings is 1. The largest absolute Gasteiger partial charge is 0.338 e. The Morgan fingerprint density at radius 1 is 1.14 bits per heavy atom. The van der Waals surface area contributed by atoms with Crippen LogP contribution >= 0.6 is 11.6 Å². The molecule has 0 unspecified atom stereocenters. The quantitative estimate of drug-likeness (QED) is 0.765. The third kappa shape index (κ3) is 3.41. The first-order chi connectivity index (χ1) is 13.4. The Hall–Kier alpha value is -2.08.